The lowest BCUT2D eigenvalue weighted by Crippen LogP contribution is -2.38. The summed E-state index contributed by atoms with van der Waals surface area (Å²) < 4.78 is 13.0. The monoisotopic (exact) mass is 562 g/mol. The maximum absolute atomic E-state index is 5.89. The fraction of sp³-hybridized carbons (Fsp3) is 0.571. The first-order valence-electron chi connectivity index (χ1n) is 10.1. The van der Waals surface area contributed by atoms with Crippen LogP contribution in [0.25, 0.3) is 0 Å². The number of methoxy groups -OCH3 is 1. The SMILES string of the molecule is COCCOc1cc(C)ccc1CN=C(NCCCSC)NCc1nnc(C)n1C.I. The zero-order valence-electron chi connectivity index (χ0n) is 19.1. The Hall–Kier alpha value is -1.53. The van der Waals surface area contributed by atoms with E-state index in [2.05, 4.69) is 46.1 Å². The normalized spacial score (nSPS) is 11.2. The molecule has 174 valence electrons. The molecule has 0 bridgehead atoms. The minimum Gasteiger partial charge on any atom is -0.491 e. The molecule has 1 heterocycles. The topological polar surface area (TPSA) is 85.6 Å². The summed E-state index contributed by atoms with van der Waals surface area (Å²) in [6.45, 7) is 6.98. The second-order valence-corrected chi connectivity index (χ2v) is 7.95. The molecule has 0 aliphatic carbocycles. The van der Waals surface area contributed by atoms with Crippen molar-refractivity contribution in [1.29, 1.82) is 0 Å². The van der Waals surface area contributed by atoms with E-state index in [1.54, 1.807) is 7.11 Å². The van der Waals surface area contributed by atoms with Gasteiger partial charge in [0.2, 0.25) is 0 Å². The number of benzene rings is 1. The summed E-state index contributed by atoms with van der Waals surface area (Å²) in [7, 11) is 3.63. The maximum Gasteiger partial charge on any atom is 0.191 e. The van der Waals surface area contributed by atoms with Crippen LogP contribution in [0.15, 0.2) is 23.2 Å². The number of guanidine groups is 1. The van der Waals surface area contributed by atoms with E-state index in [0.29, 0.717) is 26.3 Å². The van der Waals surface area contributed by atoms with Gasteiger partial charge in [0.1, 0.15) is 18.2 Å². The van der Waals surface area contributed by atoms with Crippen molar-refractivity contribution in [2.75, 3.05) is 38.9 Å². The number of ether oxygens (including phenoxy) is 2. The largest absolute Gasteiger partial charge is 0.491 e. The number of nitrogens with one attached hydrogen (secondary N) is 2. The highest BCUT2D eigenvalue weighted by Crippen LogP contribution is 2.21. The average Bonchev–Trinajstić information content (AvgIpc) is 3.06. The minimum atomic E-state index is 0. The average molecular weight is 563 g/mol. The van der Waals surface area contributed by atoms with Crippen LogP contribution in [-0.4, -0.2) is 59.6 Å². The highest BCUT2D eigenvalue weighted by atomic mass is 127. The Kier molecular flexibility index (Phi) is 13.6. The van der Waals surface area contributed by atoms with Crippen molar-refractivity contribution in [2.45, 2.75) is 33.4 Å². The molecule has 2 rings (SSSR count). The van der Waals surface area contributed by atoms with E-state index in [9.17, 15) is 0 Å². The third-order valence-electron chi connectivity index (χ3n) is 4.59. The molecule has 10 heteroatoms. The Labute approximate surface area is 207 Å². The zero-order valence-corrected chi connectivity index (χ0v) is 22.3. The van der Waals surface area contributed by atoms with Crippen molar-refractivity contribution >= 4 is 41.7 Å². The Morgan fingerprint density at radius 2 is 2.00 bits per heavy atom. The highest BCUT2D eigenvalue weighted by molar-refractivity contribution is 14.0. The van der Waals surface area contributed by atoms with Gasteiger partial charge in [-0.3, -0.25) is 0 Å². The van der Waals surface area contributed by atoms with Crippen molar-refractivity contribution in [2.24, 2.45) is 12.0 Å². The van der Waals surface area contributed by atoms with Gasteiger partial charge in [-0.05, 0) is 43.9 Å². The first-order valence-corrected chi connectivity index (χ1v) is 11.5. The molecule has 1 aromatic heterocycles. The van der Waals surface area contributed by atoms with E-state index in [1.807, 2.05) is 36.4 Å². The molecule has 0 aliphatic heterocycles. The lowest BCUT2D eigenvalue weighted by molar-refractivity contribution is 0.145. The third kappa shape index (κ3) is 9.65. The third-order valence-corrected chi connectivity index (χ3v) is 5.29. The number of aryl methyl sites for hydroxylation is 2. The first kappa shape index (κ1) is 27.5. The minimum absolute atomic E-state index is 0. The van der Waals surface area contributed by atoms with Gasteiger partial charge in [-0.1, -0.05) is 12.1 Å². The fourth-order valence-electron chi connectivity index (χ4n) is 2.69. The molecule has 8 nitrogen and oxygen atoms in total. The van der Waals surface area contributed by atoms with E-state index in [1.165, 1.54) is 0 Å². The van der Waals surface area contributed by atoms with Gasteiger partial charge in [-0.15, -0.1) is 34.2 Å². The predicted molar refractivity (Wildman–Crippen MR) is 139 cm³/mol. The van der Waals surface area contributed by atoms with Gasteiger partial charge in [0.05, 0.1) is 19.7 Å². The molecular formula is C21H35IN6O2S. The molecule has 0 saturated heterocycles. The number of rotatable bonds is 12. The number of aromatic nitrogens is 3. The van der Waals surface area contributed by atoms with Crippen molar-refractivity contribution in [3.05, 3.63) is 41.0 Å². The van der Waals surface area contributed by atoms with Crippen LogP contribution in [0, 0.1) is 13.8 Å². The lowest BCUT2D eigenvalue weighted by Gasteiger charge is -2.14. The van der Waals surface area contributed by atoms with Crippen LogP contribution in [0.5, 0.6) is 5.75 Å². The number of hydrogen-bond donors (Lipinski definition) is 2. The van der Waals surface area contributed by atoms with Gasteiger partial charge in [-0.2, -0.15) is 11.8 Å². The van der Waals surface area contributed by atoms with Gasteiger partial charge in [0.15, 0.2) is 11.8 Å². The molecule has 0 amide bonds. The molecule has 2 N–H and O–H groups in total. The Morgan fingerprint density at radius 3 is 2.68 bits per heavy atom. The molecular weight excluding hydrogens is 527 g/mol. The predicted octanol–water partition coefficient (Wildman–Crippen LogP) is 3.06. The Bertz CT molecular complexity index is 815. The van der Waals surface area contributed by atoms with Gasteiger partial charge in [-0.25, -0.2) is 4.99 Å². The quantitative estimate of drug-likeness (QED) is 0.178. The molecule has 1 aromatic carbocycles. The van der Waals surface area contributed by atoms with Crippen LogP contribution in [0.4, 0.5) is 0 Å². The molecule has 2 aromatic rings. The Morgan fingerprint density at radius 1 is 1.19 bits per heavy atom. The summed E-state index contributed by atoms with van der Waals surface area (Å²) in [5, 5.41) is 15.1. The second kappa shape index (κ2) is 15.3. The van der Waals surface area contributed by atoms with Gasteiger partial charge < -0.3 is 24.7 Å². The van der Waals surface area contributed by atoms with E-state index in [4.69, 9.17) is 14.5 Å². The van der Waals surface area contributed by atoms with Crippen molar-refractivity contribution in [1.82, 2.24) is 25.4 Å². The summed E-state index contributed by atoms with van der Waals surface area (Å²) in [6.07, 6.45) is 3.19. The summed E-state index contributed by atoms with van der Waals surface area (Å²) >= 11 is 1.84. The molecule has 0 saturated carbocycles. The number of halogens is 1. The molecule has 0 radical (unpaired) electrons. The number of hydrogen-bond acceptors (Lipinski definition) is 6. The van der Waals surface area contributed by atoms with Crippen molar-refractivity contribution in [3.63, 3.8) is 0 Å². The second-order valence-electron chi connectivity index (χ2n) is 6.97. The van der Waals surface area contributed by atoms with Gasteiger partial charge in [0.25, 0.3) is 0 Å². The van der Waals surface area contributed by atoms with Crippen LogP contribution < -0.4 is 15.4 Å². The molecule has 0 atom stereocenters. The summed E-state index contributed by atoms with van der Waals surface area (Å²) in [6, 6.07) is 6.19. The van der Waals surface area contributed by atoms with Crippen LogP contribution in [0.1, 0.15) is 29.2 Å². The van der Waals surface area contributed by atoms with E-state index < -0.39 is 0 Å². The number of aliphatic imine (C=N–C) groups is 1. The standard InChI is InChI=1S/C21H34N6O2S.HI/c1-16-7-8-18(19(13-16)29-11-10-28-4)14-23-21(22-9-6-12-30-5)24-15-20-26-25-17(2)27(20)3;/h7-8,13H,6,9-12,14-15H2,1-5H3,(H2,22,23,24);1H. The number of nitrogens with zero attached hydrogens (tertiary/aromatic N) is 4. The molecule has 0 unspecified atom stereocenters. The lowest BCUT2D eigenvalue weighted by atomic mass is 10.1. The number of thioether (sulfide) groups is 1. The van der Waals surface area contributed by atoms with Crippen molar-refractivity contribution in [3.8, 4) is 5.75 Å². The Balaban J connectivity index is 0.00000480. The van der Waals surface area contributed by atoms with Gasteiger partial charge >= 0.3 is 0 Å². The highest BCUT2D eigenvalue weighted by Gasteiger charge is 2.08. The van der Waals surface area contributed by atoms with Crippen LogP contribution in [0.3, 0.4) is 0 Å². The smallest absolute Gasteiger partial charge is 0.191 e. The summed E-state index contributed by atoms with van der Waals surface area (Å²) in [5.74, 6) is 4.46. The zero-order chi connectivity index (χ0) is 21.8. The summed E-state index contributed by atoms with van der Waals surface area (Å²) in [4.78, 5) is 4.78. The molecule has 0 fully saturated rings. The molecule has 0 spiro atoms. The molecule has 0 aliphatic rings. The fourth-order valence-corrected chi connectivity index (χ4v) is 3.12. The van der Waals surface area contributed by atoms with E-state index in [0.717, 1.165) is 53.2 Å². The van der Waals surface area contributed by atoms with Gasteiger partial charge in [0, 0.05) is 26.3 Å². The van der Waals surface area contributed by atoms with Crippen LogP contribution in [0.2, 0.25) is 0 Å². The molecule has 31 heavy (non-hydrogen) atoms. The van der Waals surface area contributed by atoms with Crippen LogP contribution >= 0.6 is 35.7 Å². The first-order chi connectivity index (χ1) is 14.5. The summed E-state index contributed by atoms with van der Waals surface area (Å²) in [5.41, 5.74) is 2.19. The van der Waals surface area contributed by atoms with E-state index in [-0.39, 0.29) is 24.0 Å². The van der Waals surface area contributed by atoms with Crippen LogP contribution in [-0.2, 0) is 24.9 Å². The van der Waals surface area contributed by atoms with E-state index >= 15 is 0 Å². The van der Waals surface area contributed by atoms with Crippen molar-refractivity contribution < 1.29 is 9.47 Å². The maximum atomic E-state index is 5.89.